The molecule has 0 aliphatic heterocycles. The maximum absolute atomic E-state index is 12.0. The third-order valence-corrected chi connectivity index (χ3v) is 3.72. The normalized spacial score (nSPS) is 19.8. The Bertz CT molecular complexity index is 440. The van der Waals surface area contributed by atoms with Gasteiger partial charge < -0.3 is 15.8 Å². The third kappa shape index (κ3) is 3.13. The molecule has 2 unspecified atom stereocenters. The fraction of sp³-hybridized carbons (Fsp3) is 0.692. The van der Waals surface area contributed by atoms with Crippen LogP contribution in [0.3, 0.4) is 0 Å². The summed E-state index contributed by atoms with van der Waals surface area (Å²) in [6.07, 6.45) is 5.01. The first-order valence-electron chi connectivity index (χ1n) is 6.68. The van der Waals surface area contributed by atoms with E-state index < -0.39 is 0 Å². The molecule has 1 aromatic heterocycles. The Labute approximate surface area is 113 Å². The molecule has 1 aromatic rings. The zero-order chi connectivity index (χ0) is 13.8. The zero-order valence-electron chi connectivity index (χ0n) is 11.6. The van der Waals surface area contributed by atoms with Crippen molar-refractivity contribution in [3.63, 3.8) is 0 Å². The van der Waals surface area contributed by atoms with E-state index in [0.29, 0.717) is 13.0 Å². The number of amides is 1. The number of carbonyl (C=O) groups excluding carboxylic acids is 1. The Kier molecular flexibility index (Phi) is 4.55. The molecule has 3 N–H and O–H groups in total. The molecule has 1 aliphatic carbocycles. The van der Waals surface area contributed by atoms with Crippen molar-refractivity contribution < 1.29 is 9.53 Å². The Hall–Kier alpha value is -1.40. The van der Waals surface area contributed by atoms with Crippen molar-refractivity contribution >= 4 is 5.91 Å². The molecule has 2 atom stereocenters. The molecule has 1 heterocycles. The van der Waals surface area contributed by atoms with E-state index in [9.17, 15) is 4.79 Å². The fourth-order valence-electron chi connectivity index (χ4n) is 2.58. The lowest BCUT2D eigenvalue weighted by molar-refractivity contribution is -0.124. The van der Waals surface area contributed by atoms with Gasteiger partial charge in [0.2, 0.25) is 5.91 Å². The van der Waals surface area contributed by atoms with Gasteiger partial charge in [-0.05, 0) is 19.3 Å². The number of hydrogen-bond acceptors (Lipinski definition) is 4. The summed E-state index contributed by atoms with van der Waals surface area (Å²) < 4.78 is 7.02. The van der Waals surface area contributed by atoms with Crippen LogP contribution < -0.4 is 11.1 Å². The molecule has 1 aliphatic rings. The van der Waals surface area contributed by atoms with E-state index in [1.54, 1.807) is 7.11 Å². The first-order chi connectivity index (χ1) is 9.15. The van der Waals surface area contributed by atoms with Crippen LogP contribution in [0.1, 0.15) is 36.6 Å². The molecule has 0 spiro atoms. The smallest absolute Gasteiger partial charge is 0.223 e. The molecule has 6 nitrogen and oxygen atoms in total. The molecule has 106 valence electrons. The van der Waals surface area contributed by atoms with Crippen molar-refractivity contribution in [1.29, 1.82) is 0 Å². The van der Waals surface area contributed by atoms with Gasteiger partial charge in [0, 0.05) is 32.0 Å². The van der Waals surface area contributed by atoms with Crippen LogP contribution in [0.5, 0.6) is 0 Å². The van der Waals surface area contributed by atoms with Gasteiger partial charge in [0.1, 0.15) is 0 Å². The standard InChI is InChI=1S/C13H22N4O2/c1-17-12-5-3-4-11(10(12)8-15-17)16-13(18)6-9(7-14)19-2/h8-9,11H,3-7,14H2,1-2H3,(H,16,18). The average Bonchev–Trinajstić information content (AvgIpc) is 2.79. The predicted molar refractivity (Wildman–Crippen MR) is 71.5 cm³/mol. The fourth-order valence-corrected chi connectivity index (χ4v) is 2.58. The minimum atomic E-state index is -0.211. The predicted octanol–water partition coefficient (Wildman–Crippen LogP) is 0.278. The van der Waals surface area contributed by atoms with Gasteiger partial charge in [-0.2, -0.15) is 5.10 Å². The van der Waals surface area contributed by atoms with Crippen LogP contribution in [0, 0.1) is 0 Å². The van der Waals surface area contributed by atoms with E-state index in [2.05, 4.69) is 10.4 Å². The number of nitrogens with two attached hydrogens (primary N) is 1. The second kappa shape index (κ2) is 6.16. The number of nitrogens with one attached hydrogen (secondary N) is 1. The second-order valence-corrected chi connectivity index (χ2v) is 4.98. The largest absolute Gasteiger partial charge is 0.380 e. The number of ether oxygens (including phenoxy) is 1. The molecule has 0 fully saturated rings. The van der Waals surface area contributed by atoms with Crippen molar-refractivity contribution in [2.75, 3.05) is 13.7 Å². The number of methoxy groups -OCH3 is 1. The highest BCUT2D eigenvalue weighted by Gasteiger charge is 2.25. The number of carbonyl (C=O) groups is 1. The lowest BCUT2D eigenvalue weighted by atomic mass is 9.93. The Morgan fingerprint density at radius 2 is 2.53 bits per heavy atom. The molecule has 0 bridgehead atoms. The van der Waals surface area contributed by atoms with Gasteiger partial charge in [0.15, 0.2) is 0 Å². The van der Waals surface area contributed by atoms with Gasteiger partial charge in [-0.15, -0.1) is 0 Å². The Morgan fingerprint density at radius 3 is 3.21 bits per heavy atom. The van der Waals surface area contributed by atoms with Crippen molar-refractivity contribution in [2.24, 2.45) is 12.8 Å². The van der Waals surface area contributed by atoms with Gasteiger partial charge >= 0.3 is 0 Å². The zero-order valence-corrected chi connectivity index (χ0v) is 11.6. The molecule has 6 heteroatoms. The molecule has 19 heavy (non-hydrogen) atoms. The van der Waals surface area contributed by atoms with Gasteiger partial charge in [0.25, 0.3) is 0 Å². The van der Waals surface area contributed by atoms with E-state index in [4.69, 9.17) is 10.5 Å². The first-order valence-corrected chi connectivity index (χ1v) is 6.68. The van der Waals surface area contributed by atoms with Crippen molar-refractivity contribution in [2.45, 2.75) is 37.8 Å². The van der Waals surface area contributed by atoms with Crippen molar-refractivity contribution in [3.8, 4) is 0 Å². The highest BCUT2D eigenvalue weighted by molar-refractivity contribution is 5.77. The quantitative estimate of drug-likeness (QED) is 0.802. The summed E-state index contributed by atoms with van der Waals surface area (Å²) in [7, 11) is 3.52. The van der Waals surface area contributed by atoms with E-state index >= 15 is 0 Å². The number of nitrogens with zero attached hydrogens (tertiary/aromatic N) is 2. The lowest BCUT2D eigenvalue weighted by Gasteiger charge is -2.24. The number of fused-ring (bicyclic) bond motifs is 1. The van der Waals surface area contributed by atoms with Gasteiger partial charge in [-0.3, -0.25) is 9.48 Å². The van der Waals surface area contributed by atoms with Crippen LogP contribution in [0.25, 0.3) is 0 Å². The summed E-state index contributed by atoms with van der Waals surface area (Å²) in [6.45, 7) is 0.354. The van der Waals surface area contributed by atoms with E-state index in [1.807, 2.05) is 17.9 Å². The van der Waals surface area contributed by atoms with E-state index in [1.165, 1.54) is 5.69 Å². The van der Waals surface area contributed by atoms with Gasteiger partial charge in [-0.25, -0.2) is 0 Å². The molecular formula is C13H22N4O2. The monoisotopic (exact) mass is 266 g/mol. The third-order valence-electron chi connectivity index (χ3n) is 3.72. The summed E-state index contributed by atoms with van der Waals surface area (Å²) in [6, 6.07) is 0.0697. The summed E-state index contributed by atoms with van der Waals surface area (Å²) in [4.78, 5) is 12.0. The Balaban J connectivity index is 1.98. The summed E-state index contributed by atoms with van der Waals surface area (Å²) in [5.41, 5.74) is 7.89. The SMILES string of the molecule is COC(CN)CC(=O)NC1CCCc2c1cnn2C. The summed E-state index contributed by atoms with van der Waals surface area (Å²) in [5.74, 6) is -0.0148. The Morgan fingerprint density at radius 1 is 1.74 bits per heavy atom. The average molecular weight is 266 g/mol. The van der Waals surface area contributed by atoms with Crippen LogP contribution in [0.2, 0.25) is 0 Å². The maximum Gasteiger partial charge on any atom is 0.223 e. The van der Waals surface area contributed by atoms with Gasteiger partial charge in [-0.1, -0.05) is 0 Å². The lowest BCUT2D eigenvalue weighted by Crippen LogP contribution is -2.35. The number of aryl methyl sites for hydroxylation is 1. The molecule has 2 rings (SSSR count). The minimum Gasteiger partial charge on any atom is -0.380 e. The highest BCUT2D eigenvalue weighted by atomic mass is 16.5. The van der Waals surface area contributed by atoms with E-state index in [-0.39, 0.29) is 18.1 Å². The maximum atomic E-state index is 12.0. The molecule has 0 saturated heterocycles. The van der Waals surface area contributed by atoms with Crippen LogP contribution in [-0.2, 0) is 23.0 Å². The highest BCUT2D eigenvalue weighted by Crippen LogP contribution is 2.29. The molecule has 0 aromatic carbocycles. The van der Waals surface area contributed by atoms with E-state index in [0.717, 1.165) is 24.8 Å². The van der Waals surface area contributed by atoms with Crippen LogP contribution >= 0.6 is 0 Å². The van der Waals surface area contributed by atoms with Crippen LogP contribution in [0.4, 0.5) is 0 Å². The second-order valence-electron chi connectivity index (χ2n) is 4.98. The summed E-state index contributed by atoms with van der Waals surface area (Å²) >= 11 is 0. The van der Waals surface area contributed by atoms with Crippen molar-refractivity contribution in [1.82, 2.24) is 15.1 Å². The first kappa shape index (κ1) is 14.0. The number of rotatable bonds is 5. The molecule has 1 amide bonds. The van der Waals surface area contributed by atoms with Crippen molar-refractivity contribution in [3.05, 3.63) is 17.5 Å². The summed E-state index contributed by atoms with van der Waals surface area (Å²) in [5, 5.41) is 7.33. The molecular weight excluding hydrogens is 244 g/mol. The van der Waals surface area contributed by atoms with Crippen LogP contribution in [0.15, 0.2) is 6.20 Å². The topological polar surface area (TPSA) is 82.2 Å². The van der Waals surface area contributed by atoms with Crippen LogP contribution in [-0.4, -0.2) is 35.4 Å². The number of hydrogen-bond donors (Lipinski definition) is 2. The van der Waals surface area contributed by atoms with Gasteiger partial charge in [0.05, 0.1) is 24.8 Å². The number of aromatic nitrogens is 2. The molecule has 0 saturated carbocycles. The molecule has 0 radical (unpaired) electrons. The minimum absolute atomic E-state index is 0.0148.